The van der Waals surface area contributed by atoms with Crippen molar-refractivity contribution >= 4 is 11.9 Å². The molecule has 7 rings (SSSR count). The molecule has 1 saturated heterocycles. The average Bonchev–Trinajstić information content (AvgIpc) is 3.28. The Kier molecular flexibility index (Phi) is 5.46. The minimum atomic E-state index is -0.451. The highest BCUT2D eigenvalue weighted by atomic mass is 16.6. The van der Waals surface area contributed by atoms with Crippen LogP contribution in [0.2, 0.25) is 0 Å². The molecule has 1 fully saturated rings. The van der Waals surface area contributed by atoms with E-state index in [0.29, 0.717) is 40.3 Å². The summed E-state index contributed by atoms with van der Waals surface area (Å²) in [7, 11) is 2.20. The number of aryl methyl sites for hydroxylation is 2. The summed E-state index contributed by atoms with van der Waals surface area (Å²) in [5, 5.41) is 0. The van der Waals surface area contributed by atoms with Gasteiger partial charge in [0.15, 0.2) is 17.6 Å². The van der Waals surface area contributed by atoms with Crippen molar-refractivity contribution in [3.63, 3.8) is 0 Å². The number of rotatable bonds is 4. The summed E-state index contributed by atoms with van der Waals surface area (Å²) in [6, 6.07) is 19.2. The maximum atomic E-state index is 13.3. The minimum Gasteiger partial charge on any atom is -0.477 e. The van der Waals surface area contributed by atoms with Crippen molar-refractivity contribution in [3.8, 4) is 11.5 Å². The largest absolute Gasteiger partial charge is 0.477 e. The van der Waals surface area contributed by atoms with Crippen LogP contribution in [-0.2, 0) is 16.6 Å². The van der Waals surface area contributed by atoms with Crippen LogP contribution in [0.3, 0.4) is 0 Å². The normalized spacial score (nSPS) is 26.2. The van der Waals surface area contributed by atoms with E-state index in [9.17, 15) is 9.59 Å². The van der Waals surface area contributed by atoms with Crippen LogP contribution in [0.25, 0.3) is 0 Å². The lowest BCUT2D eigenvalue weighted by Crippen LogP contribution is -2.63. The smallest absolute Gasteiger partial charge is 0.343 e. The molecule has 2 heterocycles. The number of nitrogens with zero attached hydrogens (tertiary/aromatic N) is 1. The van der Waals surface area contributed by atoms with Gasteiger partial charge in [0.25, 0.3) is 0 Å². The first-order valence-corrected chi connectivity index (χ1v) is 13.7. The van der Waals surface area contributed by atoms with Crippen molar-refractivity contribution in [2.75, 3.05) is 13.6 Å². The van der Waals surface area contributed by atoms with E-state index in [4.69, 9.17) is 14.2 Å². The number of benzene rings is 3. The second kappa shape index (κ2) is 8.82. The number of hydrogen-bond acceptors (Lipinski definition) is 6. The molecule has 3 aromatic carbocycles. The van der Waals surface area contributed by atoms with Gasteiger partial charge in [-0.15, -0.1) is 0 Å². The van der Waals surface area contributed by atoms with Crippen LogP contribution in [0.5, 0.6) is 11.5 Å². The molecule has 0 amide bonds. The molecule has 6 heteroatoms. The summed E-state index contributed by atoms with van der Waals surface area (Å²) in [6.07, 6.45) is 4.19. The third-order valence-electron chi connectivity index (χ3n) is 9.35. The summed E-state index contributed by atoms with van der Waals surface area (Å²) in [5.41, 5.74) is 4.83. The number of likely N-dealkylation sites (tertiary alicyclic amines) is 1. The Morgan fingerprint density at radius 2 is 1.59 bits per heavy atom. The first-order chi connectivity index (χ1) is 18.9. The van der Waals surface area contributed by atoms with Gasteiger partial charge in [0.05, 0.1) is 11.1 Å². The van der Waals surface area contributed by atoms with Gasteiger partial charge in [0, 0.05) is 17.0 Å². The van der Waals surface area contributed by atoms with Crippen molar-refractivity contribution in [1.82, 2.24) is 4.90 Å². The number of esters is 2. The number of piperidine rings is 1. The van der Waals surface area contributed by atoms with Crippen LogP contribution in [0.4, 0.5) is 0 Å². The van der Waals surface area contributed by atoms with Gasteiger partial charge in [0.2, 0.25) is 0 Å². The van der Waals surface area contributed by atoms with E-state index >= 15 is 0 Å². The highest BCUT2D eigenvalue weighted by Gasteiger charge is 2.65. The number of carbonyl (C=O) groups is 2. The fourth-order valence-electron chi connectivity index (χ4n) is 7.40. The zero-order valence-corrected chi connectivity index (χ0v) is 22.4. The fraction of sp³-hybridized carbons (Fsp3) is 0.333. The maximum Gasteiger partial charge on any atom is 0.343 e. The van der Waals surface area contributed by atoms with Crippen LogP contribution in [0.1, 0.15) is 55.8 Å². The lowest BCUT2D eigenvalue weighted by molar-refractivity contribution is -0.0272. The first kappa shape index (κ1) is 24.2. The van der Waals surface area contributed by atoms with Gasteiger partial charge in [-0.2, -0.15) is 0 Å². The molecule has 198 valence electrons. The zero-order chi connectivity index (χ0) is 26.9. The molecule has 0 saturated carbocycles. The second-order valence-electron chi connectivity index (χ2n) is 11.3. The molecule has 1 spiro atoms. The molecule has 2 aliphatic carbocycles. The first-order valence-electron chi connectivity index (χ1n) is 13.7. The number of allylic oxidation sites excluding steroid dienone is 1. The Morgan fingerprint density at radius 1 is 0.923 bits per heavy atom. The quantitative estimate of drug-likeness (QED) is 0.332. The summed E-state index contributed by atoms with van der Waals surface area (Å²) >= 11 is 0. The van der Waals surface area contributed by atoms with E-state index < -0.39 is 12.1 Å². The number of carbonyl (C=O) groups excluding carboxylic acids is 2. The van der Waals surface area contributed by atoms with E-state index in [-0.39, 0.29) is 11.4 Å². The van der Waals surface area contributed by atoms with Gasteiger partial charge in [0.1, 0.15) is 5.76 Å². The molecule has 0 unspecified atom stereocenters. The van der Waals surface area contributed by atoms with Crippen molar-refractivity contribution < 1.29 is 23.8 Å². The topological polar surface area (TPSA) is 65.1 Å². The van der Waals surface area contributed by atoms with Gasteiger partial charge >= 0.3 is 11.9 Å². The van der Waals surface area contributed by atoms with Gasteiger partial charge in [-0.1, -0.05) is 42.5 Å². The van der Waals surface area contributed by atoms with Gasteiger partial charge in [-0.05, 0) is 93.6 Å². The molecule has 0 radical (unpaired) electrons. The monoisotopic (exact) mass is 521 g/mol. The van der Waals surface area contributed by atoms with Crippen LogP contribution in [0, 0.1) is 19.8 Å². The van der Waals surface area contributed by atoms with E-state index in [0.717, 1.165) is 42.5 Å². The molecule has 6 nitrogen and oxygen atoms in total. The lowest BCUT2D eigenvalue weighted by atomic mass is 9.53. The van der Waals surface area contributed by atoms with Crippen LogP contribution < -0.4 is 9.47 Å². The van der Waals surface area contributed by atoms with Crippen LogP contribution in [-0.4, -0.2) is 42.6 Å². The molecular weight excluding hydrogens is 490 g/mol. The second-order valence-corrected chi connectivity index (χ2v) is 11.3. The standard InChI is InChI=1S/C33H31NO5/c1-19-8-4-6-10-22(19)31(35)37-26-14-12-21-18-25-24-13-15-27(38-32(36)23-11-7-5-9-20(23)2)30-33(24,16-17-34(25)3)28(21)29(26)39-30/h4-12,14-15,24-25,30H,13,16-18H2,1-3H3/t24-,25+,30-,33-/m0/s1. The maximum absolute atomic E-state index is 13.3. The fourth-order valence-corrected chi connectivity index (χ4v) is 7.40. The molecule has 2 bridgehead atoms. The Morgan fingerprint density at radius 3 is 2.28 bits per heavy atom. The number of ether oxygens (including phenoxy) is 3. The van der Waals surface area contributed by atoms with Gasteiger partial charge in [-0.25, -0.2) is 9.59 Å². The molecule has 39 heavy (non-hydrogen) atoms. The Balaban J connectivity index is 1.30. The molecule has 0 aromatic heterocycles. The molecule has 2 aliphatic heterocycles. The Bertz CT molecular complexity index is 1560. The van der Waals surface area contributed by atoms with Crippen molar-refractivity contribution in [2.45, 2.75) is 50.7 Å². The van der Waals surface area contributed by atoms with E-state index in [1.165, 1.54) is 5.56 Å². The van der Waals surface area contributed by atoms with Crippen LogP contribution >= 0.6 is 0 Å². The van der Waals surface area contributed by atoms with Crippen molar-refractivity contribution in [2.24, 2.45) is 5.92 Å². The molecular formula is C33H31NO5. The van der Waals surface area contributed by atoms with Gasteiger partial charge in [-0.3, -0.25) is 0 Å². The predicted molar refractivity (Wildman–Crippen MR) is 146 cm³/mol. The number of hydrogen-bond donors (Lipinski definition) is 0. The highest BCUT2D eigenvalue weighted by molar-refractivity contribution is 5.93. The minimum absolute atomic E-state index is 0.318. The predicted octanol–water partition coefficient (Wildman–Crippen LogP) is 5.54. The summed E-state index contributed by atoms with van der Waals surface area (Å²) in [6.45, 7) is 4.73. The molecule has 3 aromatic rings. The highest BCUT2D eigenvalue weighted by Crippen LogP contribution is 2.64. The summed E-state index contributed by atoms with van der Waals surface area (Å²) in [4.78, 5) is 28.9. The van der Waals surface area contributed by atoms with Gasteiger partial charge < -0.3 is 19.1 Å². The lowest BCUT2D eigenvalue weighted by Gasteiger charge is -2.56. The third kappa shape index (κ3) is 3.51. The third-order valence-corrected chi connectivity index (χ3v) is 9.35. The zero-order valence-electron chi connectivity index (χ0n) is 22.4. The van der Waals surface area contributed by atoms with E-state index in [1.807, 2.05) is 62.4 Å². The summed E-state index contributed by atoms with van der Waals surface area (Å²) in [5.74, 6) is 1.14. The van der Waals surface area contributed by atoms with E-state index in [1.54, 1.807) is 12.1 Å². The van der Waals surface area contributed by atoms with Crippen molar-refractivity contribution in [1.29, 1.82) is 0 Å². The Hall–Kier alpha value is -3.90. The molecule has 4 aliphatic rings. The van der Waals surface area contributed by atoms with Crippen LogP contribution in [0.15, 0.2) is 72.5 Å². The Labute approximate surface area is 228 Å². The SMILES string of the molecule is Cc1ccccc1C(=O)OC1=CC[C@H]2[C@H]3Cc4ccc(OC(=O)c5ccccc5C)c5c4[C@@]2(CCN3C)[C@H]1O5. The van der Waals surface area contributed by atoms with Crippen molar-refractivity contribution in [3.05, 3.63) is 106 Å². The molecule has 0 N–H and O–H groups in total. The summed E-state index contributed by atoms with van der Waals surface area (Å²) < 4.78 is 18.9. The average molecular weight is 522 g/mol. The molecule has 4 atom stereocenters. The number of likely N-dealkylation sites (N-methyl/N-ethyl adjacent to an activating group) is 1. The van der Waals surface area contributed by atoms with E-state index in [2.05, 4.69) is 18.0 Å².